The molecule has 1 aliphatic rings. The van der Waals surface area contributed by atoms with Gasteiger partial charge >= 0.3 is 0 Å². The maximum Gasteiger partial charge on any atom is 0.262 e. The van der Waals surface area contributed by atoms with Crippen LogP contribution >= 0.6 is 11.8 Å². The highest BCUT2D eigenvalue weighted by Crippen LogP contribution is 2.14. The molecule has 138 valence electrons. The average molecular weight is 378 g/mol. The summed E-state index contributed by atoms with van der Waals surface area (Å²) >= 11 is 1.91. The van der Waals surface area contributed by atoms with Crippen molar-refractivity contribution in [3.63, 3.8) is 0 Å². The summed E-state index contributed by atoms with van der Waals surface area (Å²) in [5.41, 5.74) is -0.292. The van der Waals surface area contributed by atoms with Crippen LogP contribution in [0.4, 0.5) is 10.1 Å². The van der Waals surface area contributed by atoms with E-state index in [1.807, 2.05) is 11.8 Å². The van der Waals surface area contributed by atoms with Crippen LogP contribution in [-0.2, 0) is 11.3 Å². The molecule has 1 aliphatic heterocycles. The molecule has 1 saturated heterocycles. The van der Waals surface area contributed by atoms with Crippen LogP contribution in [0.25, 0.3) is 0 Å². The Kier molecular flexibility index (Phi) is 6.30. The number of anilines is 1. The first-order chi connectivity index (χ1) is 12.6. The van der Waals surface area contributed by atoms with E-state index in [4.69, 9.17) is 9.15 Å². The minimum absolute atomic E-state index is 0.0494. The van der Waals surface area contributed by atoms with E-state index >= 15 is 0 Å². The normalized spacial score (nSPS) is 14.8. The Morgan fingerprint density at radius 3 is 2.81 bits per heavy atom. The summed E-state index contributed by atoms with van der Waals surface area (Å²) in [6, 6.07) is 7.19. The number of rotatable bonds is 6. The Hall–Kier alpha value is -2.32. The standard InChI is InChI=1S/C18H19FN2O4S/c19-14-3-1-2-4-15(14)20-18(23)12-25-17-11-24-13(9-16(17)22)10-21-5-7-26-8-6-21/h1-4,9,11H,5-8,10,12H2,(H,20,23). The van der Waals surface area contributed by atoms with E-state index in [9.17, 15) is 14.0 Å². The molecule has 2 aromatic rings. The van der Waals surface area contributed by atoms with Gasteiger partial charge in [0, 0.05) is 30.7 Å². The van der Waals surface area contributed by atoms with Crippen molar-refractivity contribution in [2.75, 3.05) is 36.5 Å². The van der Waals surface area contributed by atoms with E-state index < -0.39 is 18.3 Å². The van der Waals surface area contributed by atoms with Crippen molar-refractivity contribution in [1.29, 1.82) is 0 Å². The van der Waals surface area contributed by atoms with E-state index in [0.29, 0.717) is 12.3 Å². The Morgan fingerprint density at radius 2 is 2.08 bits per heavy atom. The van der Waals surface area contributed by atoms with Gasteiger partial charge in [-0.05, 0) is 12.1 Å². The van der Waals surface area contributed by atoms with Crippen LogP contribution in [0.5, 0.6) is 5.75 Å². The molecular weight excluding hydrogens is 359 g/mol. The minimum Gasteiger partial charge on any atom is -0.477 e. The van der Waals surface area contributed by atoms with Crippen molar-refractivity contribution in [3.8, 4) is 5.75 Å². The molecule has 0 bridgehead atoms. The average Bonchev–Trinajstić information content (AvgIpc) is 2.64. The number of halogens is 1. The largest absolute Gasteiger partial charge is 0.477 e. The Labute approximate surface area is 154 Å². The van der Waals surface area contributed by atoms with Crippen LogP contribution < -0.4 is 15.5 Å². The number of carbonyl (C=O) groups excluding carboxylic acids is 1. The zero-order valence-electron chi connectivity index (χ0n) is 14.1. The summed E-state index contributed by atoms with van der Waals surface area (Å²) < 4.78 is 24.1. The molecule has 26 heavy (non-hydrogen) atoms. The molecule has 1 aromatic carbocycles. The van der Waals surface area contributed by atoms with Gasteiger partial charge < -0.3 is 14.5 Å². The number of benzene rings is 1. The summed E-state index contributed by atoms with van der Waals surface area (Å²) in [5, 5.41) is 2.39. The van der Waals surface area contributed by atoms with Crippen LogP contribution in [0.1, 0.15) is 5.76 Å². The van der Waals surface area contributed by atoms with Crippen molar-refractivity contribution < 1.29 is 18.3 Å². The SMILES string of the molecule is O=C(COc1coc(CN2CCSCC2)cc1=O)Nc1ccccc1F. The molecule has 0 radical (unpaired) electrons. The number of hydrogen-bond acceptors (Lipinski definition) is 6. The first kappa shape index (κ1) is 18.5. The molecule has 2 heterocycles. The van der Waals surface area contributed by atoms with E-state index in [0.717, 1.165) is 24.6 Å². The van der Waals surface area contributed by atoms with E-state index in [1.165, 1.54) is 30.5 Å². The van der Waals surface area contributed by atoms with E-state index in [1.54, 1.807) is 6.07 Å². The van der Waals surface area contributed by atoms with Gasteiger partial charge in [-0.1, -0.05) is 12.1 Å². The van der Waals surface area contributed by atoms with Crippen LogP contribution in [0.15, 0.2) is 45.8 Å². The predicted octanol–water partition coefficient (Wildman–Crippen LogP) is 2.35. The molecule has 1 aromatic heterocycles. The molecule has 0 saturated carbocycles. The molecule has 1 amide bonds. The van der Waals surface area contributed by atoms with Crippen molar-refractivity contribution in [1.82, 2.24) is 4.90 Å². The summed E-state index contributed by atoms with van der Waals surface area (Å²) in [5.74, 6) is 1.55. The minimum atomic E-state index is -0.565. The lowest BCUT2D eigenvalue weighted by atomic mass is 10.3. The van der Waals surface area contributed by atoms with Crippen molar-refractivity contribution in [2.45, 2.75) is 6.54 Å². The second-order valence-electron chi connectivity index (χ2n) is 5.78. The molecule has 8 heteroatoms. The third kappa shape index (κ3) is 5.09. The number of ether oxygens (including phenoxy) is 1. The first-order valence-electron chi connectivity index (χ1n) is 8.21. The second kappa shape index (κ2) is 8.86. The summed E-state index contributed by atoms with van der Waals surface area (Å²) in [6.45, 7) is 2.08. The fourth-order valence-corrected chi connectivity index (χ4v) is 3.48. The zero-order valence-corrected chi connectivity index (χ0v) is 14.9. The van der Waals surface area contributed by atoms with Gasteiger partial charge in [0.15, 0.2) is 6.61 Å². The van der Waals surface area contributed by atoms with Crippen LogP contribution in [-0.4, -0.2) is 42.0 Å². The van der Waals surface area contributed by atoms with E-state index in [-0.39, 0.29) is 16.9 Å². The van der Waals surface area contributed by atoms with Gasteiger partial charge in [0.25, 0.3) is 5.91 Å². The first-order valence-corrected chi connectivity index (χ1v) is 9.36. The number of nitrogens with one attached hydrogen (secondary N) is 1. The molecule has 0 spiro atoms. The molecule has 0 aliphatic carbocycles. The number of amides is 1. The van der Waals surface area contributed by atoms with E-state index in [2.05, 4.69) is 10.2 Å². The number of carbonyl (C=O) groups is 1. The van der Waals surface area contributed by atoms with Crippen molar-refractivity contribution >= 4 is 23.4 Å². The Bertz CT molecular complexity index is 821. The van der Waals surface area contributed by atoms with Gasteiger partial charge in [0.1, 0.15) is 17.8 Å². The molecule has 0 atom stereocenters. The lowest BCUT2D eigenvalue weighted by molar-refractivity contribution is -0.118. The number of nitrogens with zero attached hydrogens (tertiary/aromatic N) is 1. The molecule has 6 nitrogen and oxygen atoms in total. The van der Waals surface area contributed by atoms with Gasteiger partial charge in [-0.25, -0.2) is 4.39 Å². The smallest absolute Gasteiger partial charge is 0.262 e. The molecule has 3 rings (SSSR count). The summed E-state index contributed by atoms with van der Waals surface area (Å²) in [4.78, 5) is 26.2. The lowest BCUT2D eigenvalue weighted by Gasteiger charge is -2.25. The third-order valence-corrected chi connectivity index (χ3v) is 4.78. The third-order valence-electron chi connectivity index (χ3n) is 3.84. The topological polar surface area (TPSA) is 71.8 Å². The maximum atomic E-state index is 13.5. The Morgan fingerprint density at radius 1 is 1.31 bits per heavy atom. The van der Waals surface area contributed by atoms with Gasteiger partial charge in [-0.3, -0.25) is 14.5 Å². The van der Waals surface area contributed by atoms with Gasteiger partial charge in [0.05, 0.1) is 12.2 Å². The maximum absolute atomic E-state index is 13.5. The predicted molar refractivity (Wildman–Crippen MR) is 98.1 cm³/mol. The highest BCUT2D eigenvalue weighted by atomic mass is 32.2. The summed E-state index contributed by atoms with van der Waals surface area (Å²) in [7, 11) is 0. The highest BCUT2D eigenvalue weighted by Gasteiger charge is 2.14. The highest BCUT2D eigenvalue weighted by molar-refractivity contribution is 7.99. The fourth-order valence-electron chi connectivity index (χ4n) is 2.50. The quantitative estimate of drug-likeness (QED) is 0.832. The number of para-hydroxylation sites is 1. The Balaban J connectivity index is 1.54. The van der Waals surface area contributed by atoms with Gasteiger partial charge in [-0.15, -0.1) is 0 Å². The zero-order chi connectivity index (χ0) is 18.4. The fraction of sp³-hybridized carbons (Fsp3) is 0.333. The molecule has 0 unspecified atom stereocenters. The molecule has 1 fully saturated rings. The number of thioether (sulfide) groups is 1. The second-order valence-corrected chi connectivity index (χ2v) is 7.00. The monoisotopic (exact) mass is 378 g/mol. The van der Waals surface area contributed by atoms with Crippen LogP contribution in [0.3, 0.4) is 0 Å². The van der Waals surface area contributed by atoms with Crippen LogP contribution in [0, 0.1) is 5.82 Å². The molecular formula is C18H19FN2O4S. The lowest BCUT2D eigenvalue weighted by Crippen LogP contribution is -2.32. The van der Waals surface area contributed by atoms with Crippen LogP contribution in [0.2, 0.25) is 0 Å². The number of hydrogen-bond donors (Lipinski definition) is 1. The van der Waals surface area contributed by atoms with Gasteiger partial charge in [0.2, 0.25) is 11.2 Å². The van der Waals surface area contributed by atoms with Gasteiger partial charge in [-0.2, -0.15) is 11.8 Å². The van der Waals surface area contributed by atoms with Crippen molar-refractivity contribution in [3.05, 3.63) is 58.4 Å². The van der Waals surface area contributed by atoms with Crippen molar-refractivity contribution in [2.24, 2.45) is 0 Å². The summed E-state index contributed by atoms with van der Waals surface area (Å²) in [6.07, 6.45) is 1.22. The molecule has 1 N–H and O–H groups in total.